The summed E-state index contributed by atoms with van der Waals surface area (Å²) in [6, 6.07) is 7.05. The largest absolute Gasteiger partial charge is 0.497 e. The Morgan fingerprint density at radius 3 is 2.65 bits per heavy atom. The number of carbonyl (C=O) groups excluding carboxylic acids is 1. The average Bonchev–Trinajstić information content (AvgIpc) is 3.09. The molecule has 26 heavy (non-hydrogen) atoms. The summed E-state index contributed by atoms with van der Waals surface area (Å²) in [5.74, 6) is -0.514. The number of nitrogens with zero attached hydrogens (tertiary/aromatic N) is 3. The van der Waals surface area contributed by atoms with Crippen molar-refractivity contribution < 1.29 is 19.4 Å². The van der Waals surface area contributed by atoms with Gasteiger partial charge in [-0.05, 0) is 36.6 Å². The smallest absolute Gasteiger partial charge is 0.323 e. The molecule has 0 saturated carbocycles. The third-order valence-corrected chi connectivity index (χ3v) is 5.16. The van der Waals surface area contributed by atoms with Crippen molar-refractivity contribution in [3.63, 3.8) is 0 Å². The molecular formula is C17H20N4O4S. The average molecular weight is 376 g/mol. The number of anilines is 1. The van der Waals surface area contributed by atoms with Gasteiger partial charge in [-0.1, -0.05) is 18.3 Å². The Morgan fingerprint density at radius 2 is 2.00 bits per heavy atom. The van der Waals surface area contributed by atoms with Crippen LogP contribution in [-0.4, -0.2) is 52.4 Å². The number of hydrogen-bond donors (Lipinski definition) is 2. The number of nitrogens with one attached hydrogen (secondary N) is 1. The van der Waals surface area contributed by atoms with E-state index >= 15 is 0 Å². The van der Waals surface area contributed by atoms with Crippen LogP contribution in [0.15, 0.2) is 24.3 Å². The first kappa shape index (κ1) is 18.1. The van der Waals surface area contributed by atoms with Gasteiger partial charge in [0.05, 0.1) is 13.0 Å². The quantitative estimate of drug-likeness (QED) is 0.850. The normalized spacial score (nSPS) is 19.8. The zero-order chi connectivity index (χ0) is 18.7. The Hall–Kier alpha value is -2.68. The molecule has 138 valence electrons. The predicted octanol–water partition coefficient (Wildman–Crippen LogP) is 2.79. The zero-order valence-electron chi connectivity index (χ0n) is 14.5. The first-order valence-corrected chi connectivity index (χ1v) is 9.04. The first-order valence-electron chi connectivity index (χ1n) is 8.23. The fourth-order valence-electron chi connectivity index (χ4n) is 2.99. The number of carbonyl (C=O) groups is 2. The summed E-state index contributed by atoms with van der Waals surface area (Å²) in [5.41, 5.74) is 0.876. The van der Waals surface area contributed by atoms with Crippen molar-refractivity contribution in [2.24, 2.45) is 11.8 Å². The molecule has 2 N–H and O–H groups in total. The fourth-order valence-corrected chi connectivity index (χ4v) is 3.73. The zero-order valence-corrected chi connectivity index (χ0v) is 15.3. The van der Waals surface area contributed by atoms with E-state index in [1.165, 1.54) is 16.2 Å². The second-order valence-corrected chi connectivity index (χ2v) is 7.33. The molecule has 0 aliphatic carbocycles. The molecule has 0 spiro atoms. The molecular weight excluding hydrogens is 356 g/mol. The molecule has 2 atom stereocenters. The van der Waals surface area contributed by atoms with E-state index in [2.05, 4.69) is 15.5 Å². The Kier molecular flexibility index (Phi) is 5.36. The van der Waals surface area contributed by atoms with Gasteiger partial charge in [0.2, 0.25) is 5.13 Å². The molecule has 2 amide bonds. The number of ether oxygens (including phenoxy) is 1. The van der Waals surface area contributed by atoms with Crippen LogP contribution in [0.2, 0.25) is 0 Å². The van der Waals surface area contributed by atoms with Crippen molar-refractivity contribution in [3.8, 4) is 16.3 Å². The number of aromatic nitrogens is 2. The minimum Gasteiger partial charge on any atom is -0.497 e. The minimum atomic E-state index is -0.868. The molecule has 2 aromatic rings. The van der Waals surface area contributed by atoms with Gasteiger partial charge in [-0.2, -0.15) is 0 Å². The predicted molar refractivity (Wildman–Crippen MR) is 97.4 cm³/mol. The van der Waals surface area contributed by atoms with Crippen molar-refractivity contribution in [2.45, 2.75) is 13.3 Å². The van der Waals surface area contributed by atoms with Crippen LogP contribution < -0.4 is 10.1 Å². The maximum Gasteiger partial charge on any atom is 0.323 e. The highest BCUT2D eigenvalue weighted by Crippen LogP contribution is 2.28. The standard InChI is InChI=1S/C17H20N4O4S/c1-10-7-12(15(22)23)9-21(8-10)17(24)18-16-20-19-14(26-16)11-3-5-13(25-2)6-4-11/h3-6,10,12H,7-9H2,1-2H3,(H,22,23)(H,18,20,24). The Balaban J connectivity index is 1.66. The summed E-state index contributed by atoms with van der Waals surface area (Å²) in [6.07, 6.45) is 0.583. The summed E-state index contributed by atoms with van der Waals surface area (Å²) in [7, 11) is 1.60. The van der Waals surface area contributed by atoms with Crippen LogP contribution in [0.4, 0.5) is 9.93 Å². The van der Waals surface area contributed by atoms with Gasteiger partial charge in [0.1, 0.15) is 10.8 Å². The second kappa shape index (κ2) is 7.69. The molecule has 9 heteroatoms. The number of hydrogen-bond acceptors (Lipinski definition) is 6. The molecule has 1 saturated heterocycles. The van der Waals surface area contributed by atoms with E-state index in [0.717, 1.165) is 11.3 Å². The van der Waals surface area contributed by atoms with Gasteiger partial charge in [-0.3, -0.25) is 10.1 Å². The van der Waals surface area contributed by atoms with Crippen LogP contribution in [0.5, 0.6) is 5.75 Å². The lowest BCUT2D eigenvalue weighted by atomic mass is 9.91. The highest BCUT2D eigenvalue weighted by Gasteiger charge is 2.32. The summed E-state index contributed by atoms with van der Waals surface area (Å²) in [6.45, 7) is 2.68. The van der Waals surface area contributed by atoms with Crippen LogP contribution in [0, 0.1) is 11.8 Å². The second-order valence-electron chi connectivity index (χ2n) is 6.35. The highest BCUT2D eigenvalue weighted by atomic mass is 32.1. The van der Waals surface area contributed by atoms with E-state index in [1.807, 2.05) is 31.2 Å². The van der Waals surface area contributed by atoms with Gasteiger partial charge in [0, 0.05) is 18.7 Å². The molecule has 2 unspecified atom stereocenters. The molecule has 1 aliphatic heterocycles. The van der Waals surface area contributed by atoms with Crippen LogP contribution in [0.3, 0.4) is 0 Å². The highest BCUT2D eigenvalue weighted by molar-refractivity contribution is 7.18. The number of methoxy groups -OCH3 is 1. The monoisotopic (exact) mass is 376 g/mol. The Morgan fingerprint density at radius 1 is 1.27 bits per heavy atom. The van der Waals surface area contributed by atoms with E-state index in [4.69, 9.17) is 4.74 Å². The van der Waals surface area contributed by atoms with Crippen molar-refractivity contribution in [1.82, 2.24) is 15.1 Å². The van der Waals surface area contributed by atoms with Gasteiger partial charge < -0.3 is 14.7 Å². The van der Waals surface area contributed by atoms with Crippen LogP contribution >= 0.6 is 11.3 Å². The Labute approximate surface area is 154 Å². The molecule has 0 bridgehead atoms. The third-order valence-electron chi connectivity index (χ3n) is 4.27. The number of amides is 2. The fraction of sp³-hybridized carbons (Fsp3) is 0.412. The number of carboxylic acid groups (broad SMARTS) is 1. The lowest BCUT2D eigenvalue weighted by molar-refractivity contribution is -0.143. The maximum absolute atomic E-state index is 12.5. The number of likely N-dealkylation sites (tertiary alicyclic amines) is 1. The number of rotatable bonds is 4. The van der Waals surface area contributed by atoms with Crippen LogP contribution in [0.25, 0.3) is 10.6 Å². The van der Waals surface area contributed by atoms with E-state index in [-0.39, 0.29) is 18.5 Å². The molecule has 2 heterocycles. The van der Waals surface area contributed by atoms with Crippen molar-refractivity contribution in [2.75, 3.05) is 25.5 Å². The topological polar surface area (TPSA) is 105 Å². The van der Waals surface area contributed by atoms with Crippen molar-refractivity contribution in [1.29, 1.82) is 0 Å². The van der Waals surface area contributed by atoms with E-state index in [0.29, 0.717) is 23.1 Å². The van der Waals surface area contributed by atoms with Crippen molar-refractivity contribution in [3.05, 3.63) is 24.3 Å². The molecule has 1 aliphatic rings. The number of carboxylic acids is 1. The summed E-state index contributed by atoms with van der Waals surface area (Å²) in [5, 5.41) is 21.1. The van der Waals surface area contributed by atoms with E-state index < -0.39 is 11.9 Å². The first-order chi connectivity index (χ1) is 12.5. The maximum atomic E-state index is 12.5. The van der Waals surface area contributed by atoms with Crippen LogP contribution in [-0.2, 0) is 4.79 Å². The molecule has 1 aromatic carbocycles. The number of urea groups is 1. The molecule has 0 radical (unpaired) electrons. The van der Waals surface area contributed by atoms with Crippen molar-refractivity contribution >= 4 is 28.5 Å². The van der Waals surface area contributed by atoms with Gasteiger partial charge in [0.15, 0.2) is 0 Å². The summed E-state index contributed by atoms with van der Waals surface area (Å²) in [4.78, 5) is 25.2. The molecule has 1 fully saturated rings. The van der Waals surface area contributed by atoms with Gasteiger partial charge in [0.25, 0.3) is 0 Å². The number of piperidine rings is 1. The summed E-state index contributed by atoms with van der Waals surface area (Å²) >= 11 is 1.26. The van der Waals surface area contributed by atoms with E-state index in [1.54, 1.807) is 7.11 Å². The molecule has 8 nitrogen and oxygen atoms in total. The summed E-state index contributed by atoms with van der Waals surface area (Å²) < 4.78 is 5.13. The SMILES string of the molecule is COc1ccc(-c2nnc(NC(=O)N3CC(C)CC(C(=O)O)C3)s2)cc1. The lowest BCUT2D eigenvalue weighted by Gasteiger charge is -2.34. The van der Waals surface area contributed by atoms with Crippen LogP contribution in [0.1, 0.15) is 13.3 Å². The van der Waals surface area contributed by atoms with E-state index in [9.17, 15) is 14.7 Å². The number of aliphatic carboxylic acids is 1. The lowest BCUT2D eigenvalue weighted by Crippen LogP contribution is -2.47. The van der Waals surface area contributed by atoms with Gasteiger partial charge >= 0.3 is 12.0 Å². The van der Waals surface area contributed by atoms with Gasteiger partial charge in [-0.25, -0.2) is 4.79 Å². The number of benzene rings is 1. The minimum absolute atomic E-state index is 0.139. The molecule has 1 aromatic heterocycles. The molecule has 3 rings (SSSR count). The Bertz CT molecular complexity index is 792. The van der Waals surface area contributed by atoms with Gasteiger partial charge in [-0.15, -0.1) is 10.2 Å². The third kappa shape index (κ3) is 4.10.